The van der Waals surface area contributed by atoms with Crippen molar-refractivity contribution in [3.8, 4) is 0 Å². The van der Waals surface area contributed by atoms with E-state index < -0.39 is 0 Å². The van der Waals surface area contributed by atoms with Crippen molar-refractivity contribution in [2.75, 3.05) is 26.2 Å². The molecular weight excluding hydrogens is 128 g/mol. The standard InChI is InChI=1S/C7H14N2O/c1-3-8(4-2)7(10)9-5-6-9/h3-6H2,1-2H3. The molecule has 0 aromatic rings. The number of amides is 2. The first kappa shape index (κ1) is 7.38. The molecule has 1 aliphatic rings. The molecule has 0 aromatic carbocycles. The molecule has 1 heterocycles. The van der Waals surface area contributed by atoms with Gasteiger partial charge >= 0.3 is 6.03 Å². The highest BCUT2D eigenvalue weighted by molar-refractivity contribution is 5.76. The second kappa shape index (κ2) is 2.90. The lowest BCUT2D eigenvalue weighted by Crippen LogP contribution is -2.34. The van der Waals surface area contributed by atoms with E-state index in [-0.39, 0.29) is 6.03 Å². The number of urea groups is 1. The van der Waals surface area contributed by atoms with Gasteiger partial charge in [-0.25, -0.2) is 4.79 Å². The fraction of sp³-hybridized carbons (Fsp3) is 0.857. The Morgan fingerprint density at radius 2 is 1.90 bits per heavy atom. The summed E-state index contributed by atoms with van der Waals surface area (Å²) in [7, 11) is 0. The van der Waals surface area contributed by atoms with E-state index in [1.54, 1.807) is 0 Å². The van der Waals surface area contributed by atoms with Crippen LogP contribution in [0.2, 0.25) is 0 Å². The maximum Gasteiger partial charge on any atom is 0.320 e. The van der Waals surface area contributed by atoms with Crippen LogP contribution in [0.5, 0.6) is 0 Å². The molecule has 0 unspecified atom stereocenters. The Morgan fingerprint density at radius 3 is 2.20 bits per heavy atom. The predicted octanol–water partition coefficient (Wildman–Crippen LogP) is 0.764. The number of rotatable bonds is 2. The SMILES string of the molecule is CCN(CC)C(=O)N1CC1. The van der Waals surface area contributed by atoms with Crippen molar-refractivity contribution in [3.05, 3.63) is 0 Å². The normalized spacial score (nSPS) is 15.2. The van der Waals surface area contributed by atoms with Crippen LogP contribution in [-0.4, -0.2) is 42.0 Å². The van der Waals surface area contributed by atoms with Gasteiger partial charge in [-0.15, -0.1) is 0 Å². The minimum Gasteiger partial charge on any atom is -0.325 e. The number of carbonyl (C=O) groups is 1. The predicted molar refractivity (Wildman–Crippen MR) is 39.9 cm³/mol. The smallest absolute Gasteiger partial charge is 0.320 e. The third-order valence-electron chi connectivity index (χ3n) is 1.75. The molecule has 1 aliphatic heterocycles. The quantitative estimate of drug-likeness (QED) is 0.522. The lowest BCUT2D eigenvalue weighted by molar-refractivity contribution is 0.189. The second-order valence-electron chi connectivity index (χ2n) is 2.44. The van der Waals surface area contributed by atoms with E-state index in [1.807, 2.05) is 23.6 Å². The molecule has 0 spiro atoms. The second-order valence-corrected chi connectivity index (χ2v) is 2.44. The highest BCUT2D eigenvalue weighted by Crippen LogP contribution is 2.07. The van der Waals surface area contributed by atoms with Gasteiger partial charge in [-0.3, -0.25) is 0 Å². The Kier molecular flexibility index (Phi) is 2.14. The van der Waals surface area contributed by atoms with E-state index in [4.69, 9.17) is 0 Å². The van der Waals surface area contributed by atoms with Crippen molar-refractivity contribution < 1.29 is 4.79 Å². The summed E-state index contributed by atoms with van der Waals surface area (Å²) in [6.45, 7) is 7.57. The minimum atomic E-state index is 0.199. The number of carbonyl (C=O) groups excluding carboxylic acids is 1. The molecule has 0 radical (unpaired) electrons. The van der Waals surface area contributed by atoms with Crippen LogP contribution in [-0.2, 0) is 0 Å². The molecule has 58 valence electrons. The van der Waals surface area contributed by atoms with Gasteiger partial charge in [0.15, 0.2) is 0 Å². The topological polar surface area (TPSA) is 23.3 Å². The van der Waals surface area contributed by atoms with Crippen LogP contribution < -0.4 is 0 Å². The minimum absolute atomic E-state index is 0.199. The van der Waals surface area contributed by atoms with Crippen molar-refractivity contribution in [1.82, 2.24) is 9.80 Å². The van der Waals surface area contributed by atoms with Crippen molar-refractivity contribution >= 4 is 6.03 Å². The third-order valence-corrected chi connectivity index (χ3v) is 1.75. The lowest BCUT2D eigenvalue weighted by Gasteiger charge is -2.18. The first-order chi connectivity index (χ1) is 4.79. The molecule has 1 saturated heterocycles. The zero-order valence-electron chi connectivity index (χ0n) is 6.63. The van der Waals surface area contributed by atoms with Gasteiger partial charge in [0.1, 0.15) is 0 Å². The Bertz CT molecular complexity index is 128. The average molecular weight is 142 g/mol. The van der Waals surface area contributed by atoms with Crippen LogP contribution in [0.15, 0.2) is 0 Å². The molecule has 0 bridgehead atoms. The van der Waals surface area contributed by atoms with Gasteiger partial charge in [-0.05, 0) is 13.8 Å². The van der Waals surface area contributed by atoms with Gasteiger partial charge in [-0.2, -0.15) is 0 Å². The maximum atomic E-state index is 11.2. The summed E-state index contributed by atoms with van der Waals surface area (Å²) in [5.74, 6) is 0. The highest BCUT2D eigenvalue weighted by Gasteiger charge is 2.26. The van der Waals surface area contributed by atoms with E-state index in [0.29, 0.717) is 0 Å². The largest absolute Gasteiger partial charge is 0.325 e. The van der Waals surface area contributed by atoms with E-state index in [2.05, 4.69) is 0 Å². The van der Waals surface area contributed by atoms with Crippen LogP contribution in [0.1, 0.15) is 13.8 Å². The Labute approximate surface area is 61.6 Å². The monoisotopic (exact) mass is 142 g/mol. The summed E-state index contributed by atoms with van der Waals surface area (Å²) in [6.07, 6.45) is 0. The summed E-state index contributed by atoms with van der Waals surface area (Å²) >= 11 is 0. The van der Waals surface area contributed by atoms with Crippen LogP contribution >= 0.6 is 0 Å². The van der Waals surface area contributed by atoms with E-state index in [0.717, 1.165) is 26.2 Å². The summed E-state index contributed by atoms with van der Waals surface area (Å²) in [6, 6.07) is 0.199. The van der Waals surface area contributed by atoms with Gasteiger partial charge in [-0.1, -0.05) is 0 Å². The van der Waals surface area contributed by atoms with Gasteiger partial charge in [0, 0.05) is 26.2 Å². The van der Waals surface area contributed by atoms with E-state index in [1.165, 1.54) is 0 Å². The molecule has 0 aromatic heterocycles. The zero-order valence-corrected chi connectivity index (χ0v) is 6.63. The summed E-state index contributed by atoms with van der Waals surface area (Å²) in [5, 5.41) is 0. The average Bonchev–Trinajstić information content (AvgIpc) is 2.71. The van der Waals surface area contributed by atoms with Crippen molar-refractivity contribution in [1.29, 1.82) is 0 Å². The first-order valence-corrected chi connectivity index (χ1v) is 3.83. The fourth-order valence-electron chi connectivity index (χ4n) is 0.935. The van der Waals surface area contributed by atoms with Crippen LogP contribution in [0.3, 0.4) is 0 Å². The van der Waals surface area contributed by atoms with Gasteiger partial charge < -0.3 is 9.80 Å². The molecule has 1 fully saturated rings. The Morgan fingerprint density at radius 1 is 1.40 bits per heavy atom. The Hall–Kier alpha value is -0.730. The molecule has 0 saturated carbocycles. The van der Waals surface area contributed by atoms with Gasteiger partial charge in [0.2, 0.25) is 0 Å². The van der Waals surface area contributed by atoms with Crippen molar-refractivity contribution in [2.45, 2.75) is 13.8 Å². The fourth-order valence-corrected chi connectivity index (χ4v) is 0.935. The summed E-state index contributed by atoms with van der Waals surface area (Å²) in [4.78, 5) is 14.9. The molecule has 2 amide bonds. The number of hydrogen-bond donors (Lipinski definition) is 0. The molecule has 3 nitrogen and oxygen atoms in total. The molecule has 1 rings (SSSR count). The van der Waals surface area contributed by atoms with Crippen LogP contribution in [0.4, 0.5) is 4.79 Å². The molecule has 3 heteroatoms. The lowest BCUT2D eigenvalue weighted by atomic mass is 10.5. The van der Waals surface area contributed by atoms with Gasteiger partial charge in [0.05, 0.1) is 0 Å². The van der Waals surface area contributed by atoms with Crippen molar-refractivity contribution in [2.24, 2.45) is 0 Å². The van der Waals surface area contributed by atoms with E-state index in [9.17, 15) is 4.79 Å². The number of nitrogens with zero attached hydrogens (tertiary/aromatic N) is 2. The first-order valence-electron chi connectivity index (χ1n) is 3.83. The summed E-state index contributed by atoms with van der Waals surface area (Å²) in [5.41, 5.74) is 0. The maximum absolute atomic E-state index is 11.2. The highest BCUT2D eigenvalue weighted by atomic mass is 16.2. The van der Waals surface area contributed by atoms with Crippen molar-refractivity contribution in [3.63, 3.8) is 0 Å². The summed E-state index contributed by atoms with van der Waals surface area (Å²) < 4.78 is 0. The van der Waals surface area contributed by atoms with Crippen LogP contribution in [0.25, 0.3) is 0 Å². The number of hydrogen-bond acceptors (Lipinski definition) is 1. The molecular formula is C7H14N2O. The zero-order chi connectivity index (χ0) is 7.56. The molecule has 0 N–H and O–H groups in total. The Balaban J connectivity index is 2.35. The molecule has 0 atom stereocenters. The van der Waals surface area contributed by atoms with Gasteiger partial charge in [0.25, 0.3) is 0 Å². The van der Waals surface area contributed by atoms with Crippen LogP contribution in [0, 0.1) is 0 Å². The van der Waals surface area contributed by atoms with E-state index >= 15 is 0 Å². The molecule has 10 heavy (non-hydrogen) atoms. The molecule has 0 aliphatic carbocycles. The third kappa shape index (κ3) is 1.40.